The van der Waals surface area contributed by atoms with Gasteiger partial charge in [-0.05, 0) is 40.2 Å². The zero-order valence-corrected chi connectivity index (χ0v) is 15.3. The Bertz CT molecular complexity index is 694. The molecule has 0 spiro atoms. The smallest absolute Gasteiger partial charge is 0.410 e. The SMILES string of the molecule is CC#Cc1cc(N)c(C(=O)N[C@H]2CCN(C(=O)OC(C)(C)C)C2)s1. The number of nitrogens with one attached hydrogen (secondary N) is 1. The summed E-state index contributed by atoms with van der Waals surface area (Å²) in [4.78, 5) is 27.3. The maximum atomic E-state index is 12.4. The van der Waals surface area contributed by atoms with E-state index in [9.17, 15) is 9.59 Å². The molecule has 0 radical (unpaired) electrons. The molecule has 1 fully saturated rings. The number of likely N-dealkylation sites (tertiary alicyclic amines) is 1. The summed E-state index contributed by atoms with van der Waals surface area (Å²) >= 11 is 1.27. The Balaban J connectivity index is 1.94. The van der Waals surface area contributed by atoms with Gasteiger partial charge in [-0.3, -0.25) is 4.79 Å². The molecule has 24 heavy (non-hydrogen) atoms. The van der Waals surface area contributed by atoms with E-state index in [4.69, 9.17) is 10.5 Å². The van der Waals surface area contributed by atoms with Crippen molar-refractivity contribution in [2.45, 2.75) is 45.8 Å². The van der Waals surface area contributed by atoms with E-state index in [0.717, 1.165) is 4.88 Å². The highest BCUT2D eigenvalue weighted by Crippen LogP contribution is 2.24. The van der Waals surface area contributed by atoms with Gasteiger partial charge in [-0.2, -0.15) is 0 Å². The lowest BCUT2D eigenvalue weighted by Crippen LogP contribution is -2.40. The van der Waals surface area contributed by atoms with Crippen molar-refractivity contribution in [3.05, 3.63) is 15.8 Å². The molecule has 3 N–H and O–H groups in total. The van der Waals surface area contributed by atoms with Crippen LogP contribution in [0.3, 0.4) is 0 Å². The molecule has 1 aromatic heterocycles. The molecule has 2 heterocycles. The van der Waals surface area contributed by atoms with Gasteiger partial charge in [0.15, 0.2) is 0 Å². The lowest BCUT2D eigenvalue weighted by molar-refractivity contribution is 0.0290. The van der Waals surface area contributed by atoms with E-state index in [1.54, 1.807) is 17.9 Å². The highest BCUT2D eigenvalue weighted by Gasteiger charge is 2.31. The zero-order chi connectivity index (χ0) is 17.9. The Labute approximate surface area is 146 Å². The average Bonchev–Trinajstić information content (AvgIpc) is 3.04. The molecular weight excluding hydrogens is 326 g/mol. The molecule has 0 aromatic carbocycles. The predicted molar refractivity (Wildman–Crippen MR) is 95.0 cm³/mol. The Hall–Kier alpha value is -2.20. The Kier molecular flexibility index (Phi) is 5.40. The van der Waals surface area contributed by atoms with Crippen LogP contribution in [0.5, 0.6) is 0 Å². The molecule has 7 heteroatoms. The van der Waals surface area contributed by atoms with E-state index in [0.29, 0.717) is 30.1 Å². The van der Waals surface area contributed by atoms with Crippen LogP contribution in [0.25, 0.3) is 0 Å². The number of anilines is 1. The minimum atomic E-state index is -0.527. The monoisotopic (exact) mass is 349 g/mol. The van der Waals surface area contributed by atoms with Crippen molar-refractivity contribution in [3.63, 3.8) is 0 Å². The second-order valence-electron chi connectivity index (χ2n) is 6.66. The molecule has 1 aromatic rings. The van der Waals surface area contributed by atoms with Gasteiger partial charge in [0.25, 0.3) is 5.91 Å². The molecule has 0 bridgehead atoms. The minimum Gasteiger partial charge on any atom is -0.444 e. The Morgan fingerprint density at radius 3 is 2.79 bits per heavy atom. The second kappa shape index (κ2) is 7.14. The molecular formula is C17H23N3O3S. The number of nitrogen functional groups attached to an aromatic ring is 1. The fraction of sp³-hybridized carbons (Fsp3) is 0.529. The summed E-state index contributed by atoms with van der Waals surface area (Å²) in [6.07, 6.45) is 0.341. The van der Waals surface area contributed by atoms with E-state index in [1.807, 2.05) is 20.8 Å². The number of amides is 2. The van der Waals surface area contributed by atoms with Gasteiger partial charge >= 0.3 is 6.09 Å². The number of thiophene rings is 1. The molecule has 2 amide bonds. The highest BCUT2D eigenvalue weighted by molar-refractivity contribution is 7.15. The van der Waals surface area contributed by atoms with Crippen molar-refractivity contribution in [1.82, 2.24) is 10.2 Å². The molecule has 0 aliphatic carbocycles. The van der Waals surface area contributed by atoms with Crippen LogP contribution in [0, 0.1) is 11.8 Å². The van der Waals surface area contributed by atoms with Gasteiger partial charge in [0.2, 0.25) is 0 Å². The number of carbonyl (C=O) groups is 2. The lowest BCUT2D eigenvalue weighted by atomic mass is 10.2. The third-order valence-electron chi connectivity index (χ3n) is 3.39. The first kappa shape index (κ1) is 18.1. The van der Waals surface area contributed by atoms with Gasteiger partial charge in [-0.15, -0.1) is 17.3 Å². The van der Waals surface area contributed by atoms with Crippen molar-refractivity contribution < 1.29 is 14.3 Å². The van der Waals surface area contributed by atoms with E-state index >= 15 is 0 Å². The van der Waals surface area contributed by atoms with Crippen molar-refractivity contribution in [2.75, 3.05) is 18.8 Å². The molecule has 6 nitrogen and oxygen atoms in total. The third-order valence-corrected chi connectivity index (χ3v) is 4.46. The predicted octanol–water partition coefficient (Wildman–Crippen LogP) is 2.44. The van der Waals surface area contributed by atoms with E-state index in [-0.39, 0.29) is 18.0 Å². The number of carbonyl (C=O) groups excluding carboxylic acids is 2. The van der Waals surface area contributed by atoms with Crippen LogP contribution in [0.1, 0.15) is 48.7 Å². The van der Waals surface area contributed by atoms with Crippen LogP contribution < -0.4 is 11.1 Å². The number of rotatable bonds is 2. The summed E-state index contributed by atoms with van der Waals surface area (Å²) in [5.74, 6) is 5.46. The van der Waals surface area contributed by atoms with Gasteiger partial charge in [0.05, 0.1) is 10.6 Å². The molecule has 1 atom stereocenters. The van der Waals surface area contributed by atoms with Crippen molar-refractivity contribution in [1.29, 1.82) is 0 Å². The second-order valence-corrected chi connectivity index (χ2v) is 7.71. The molecule has 130 valence electrons. The minimum absolute atomic E-state index is 0.104. The summed E-state index contributed by atoms with van der Waals surface area (Å²) in [5.41, 5.74) is 5.79. The number of ether oxygens (including phenoxy) is 1. The fourth-order valence-corrected chi connectivity index (χ4v) is 3.28. The van der Waals surface area contributed by atoms with Gasteiger partial charge in [0.1, 0.15) is 10.5 Å². The average molecular weight is 349 g/mol. The highest BCUT2D eigenvalue weighted by atomic mass is 32.1. The van der Waals surface area contributed by atoms with Crippen LogP contribution in [-0.2, 0) is 4.74 Å². The van der Waals surface area contributed by atoms with Crippen molar-refractivity contribution >= 4 is 29.0 Å². The van der Waals surface area contributed by atoms with Crippen molar-refractivity contribution in [2.24, 2.45) is 0 Å². The largest absolute Gasteiger partial charge is 0.444 e. The number of hydrogen-bond donors (Lipinski definition) is 2. The van der Waals surface area contributed by atoms with Gasteiger partial charge < -0.3 is 20.7 Å². The topological polar surface area (TPSA) is 84.7 Å². The zero-order valence-electron chi connectivity index (χ0n) is 14.4. The normalized spacial score (nSPS) is 17.2. The molecule has 2 rings (SSSR count). The van der Waals surface area contributed by atoms with Gasteiger partial charge in [-0.1, -0.05) is 5.92 Å². The third kappa shape index (κ3) is 4.65. The van der Waals surface area contributed by atoms with Crippen LogP contribution in [0.4, 0.5) is 10.5 Å². The summed E-state index contributed by atoms with van der Waals surface area (Å²) < 4.78 is 5.35. The summed E-state index contributed by atoms with van der Waals surface area (Å²) in [7, 11) is 0. The Morgan fingerprint density at radius 2 is 2.17 bits per heavy atom. The summed E-state index contributed by atoms with van der Waals surface area (Å²) in [6, 6.07) is 1.60. The number of nitrogens with two attached hydrogens (primary N) is 1. The first-order valence-electron chi connectivity index (χ1n) is 7.80. The van der Waals surface area contributed by atoms with E-state index < -0.39 is 5.60 Å². The molecule has 1 aliphatic rings. The molecule has 0 saturated carbocycles. The number of hydrogen-bond acceptors (Lipinski definition) is 5. The standard InChI is InChI=1S/C17H23N3O3S/c1-5-6-12-9-13(18)14(24-12)15(21)19-11-7-8-20(10-11)16(22)23-17(2,3)4/h9,11H,7-8,10,18H2,1-4H3,(H,19,21)/t11-/m0/s1. The first-order valence-corrected chi connectivity index (χ1v) is 8.62. The van der Waals surface area contributed by atoms with Gasteiger partial charge in [0, 0.05) is 19.1 Å². The fourth-order valence-electron chi connectivity index (χ4n) is 2.39. The summed E-state index contributed by atoms with van der Waals surface area (Å²) in [6.45, 7) is 8.23. The Morgan fingerprint density at radius 1 is 1.46 bits per heavy atom. The van der Waals surface area contributed by atoms with Crippen molar-refractivity contribution in [3.8, 4) is 11.8 Å². The van der Waals surface area contributed by atoms with Crippen LogP contribution in [-0.4, -0.2) is 41.6 Å². The lowest BCUT2D eigenvalue weighted by Gasteiger charge is -2.24. The summed E-state index contributed by atoms with van der Waals surface area (Å²) in [5, 5.41) is 2.93. The van der Waals surface area contributed by atoms with Crippen LogP contribution in [0.2, 0.25) is 0 Å². The first-order chi connectivity index (χ1) is 11.2. The maximum Gasteiger partial charge on any atom is 0.410 e. The molecule has 1 aliphatic heterocycles. The quantitative estimate of drug-likeness (QED) is 0.803. The number of nitrogens with zero attached hydrogens (tertiary/aromatic N) is 1. The molecule has 1 saturated heterocycles. The van der Waals surface area contributed by atoms with Crippen LogP contribution >= 0.6 is 11.3 Å². The van der Waals surface area contributed by atoms with E-state index in [2.05, 4.69) is 17.2 Å². The van der Waals surface area contributed by atoms with Gasteiger partial charge in [-0.25, -0.2) is 4.79 Å². The maximum absolute atomic E-state index is 12.4. The molecule has 0 unspecified atom stereocenters. The van der Waals surface area contributed by atoms with Crippen LogP contribution in [0.15, 0.2) is 6.07 Å². The van der Waals surface area contributed by atoms with E-state index in [1.165, 1.54) is 11.3 Å².